The minimum Gasteiger partial charge on any atom is -0.330 e. The summed E-state index contributed by atoms with van der Waals surface area (Å²) in [5.41, 5.74) is 7.31. The van der Waals surface area contributed by atoms with E-state index in [1.165, 1.54) is 6.42 Å². The molecule has 1 heteroatoms. The summed E-state index contributed by atoms with van der Waals surface area (Å²) in [4.78, 5) is 0. The summed E-state index contributed by atoms with van der Waals surface area (Å²) >= 11 is 0. The molecule has 0 saturated heterocycles. The normalized spacial score (nSPS) is 58.4. The average Bonchev–Trinajstić information content (AvgIpc) is 2.80. The molecule has 0 heterocycles. The maximum absolute atomic E-state index is 6.22. The van der Waals surface area contributed by atoms with Crippen LogP contribution in [0.4, 0.5) is 0 Å². The largest absolute Gasteiger partial charge is 0.330 e. The van der Waals surface area contributed by atoms with Crippen LogP contribution in [0.15, 0.2) is 0 Å². The van der Waals surface area contributed by atoms with Crippen LogP contribution in [0.25, 0.3) is 0 Å². The quantitative estimate of drug-likeness (QED) is 0.777. The Morgan fingerprint density at radius 2 is 1.41 bits per heavy atom. The Kier molecular flexibility index (Phi) is 1.98. The molecule has 0 aromatic carbocycles. The first-order valence-electron chi connectivity index (χ1n) is 7.76. The monoisotopic (exact) mass is 233 g/mol. The summed E-state index contributed by atoms with van der Waals surface area (Å²) in [5, 5.41) is 0. The maximum atomic E-state index is 6.22. The van der Waals surface area contributed by atoms with Crippen LogP contribution < -0.4 is 5.73 Å². The van der Waals surface area contributed by atoms with Crippen molar-refractivity contribution in [3.63, 3.8) is 0 Å². The Morgan fingerprint density at radius 3 is 1.76 bits per heavy atom. The molecule has 0 aromatic rings. The van der Waals surface area contributed by atoms with E-state index in [0.29, 0.717) is 10.8 Å². The van der Waals surface area contributed by atoms with E-state index in [1.807, 2.05) is 0 Å². The summed E-state index contributed by atoms with van der Waals surface area (Å²) in [7, 11) is 0. The highest BCUT2D eigenvalue weighted by atomic mass is 14.8. The summed E-state index contributed by atoms with van der Waals surface area (Å²) in [5.74, 6) is 5.30. The average molecular weight is 233 g/mol. The summed E-state index contributed by atoms with van der Waals surface area (Å²) in [6.07, 6.45) is 9.18. The van der Waals surface area contributed by atoms with Crippen molar-refractivity contribution in [2.75, 3.05) is 6.54 Å². The number of hydrogen-bond donors (Lipinski definition) is 1. The topological polar surface area (TPSA) is 26.0 Å². The molecule has 5 aliphatic rings. The molecule has 1 unspecified atom stereocenters. The Hall–Kier alpha value is -0.0400. The first-order chi connectivity index (χ1) is 8.06. The van der Waals surface area contributed by atoms with Gasteiger partial charge in [-0.3, -0.25) is 0 Å². The van der Waals surface area contributed by atoms with Crippen LogP contribution in [0.2, 0.25) is 0 Å². The fourth-order valence-electron chi connectivity index (χ4n) is 6.63. The third-order valence-corrected chi connectivity index (χ3v) is 7.21. The number of nitrogens with two attached hydrogens (primary N) is 1. The van der Waals surface area contributed by atoms with Crippen molar-refractivity contribution in [3.05, 3.63) is 0 Å². The standard InChI is InChI=1S/C16H27N/c1-15(2)8-16(15,9-17)14-12-4-10-3-11(6-12)7-13(14)5-10/h10-14H,3-9,17H2,1-2H3. The molecule has 5 fully saturated rings. The zero-order valence-corrected chi connectivity index (χ0v) is 11.4. The molecule has 0 aromatic heterocycles. The van der Waals surface area contributed by atoms with Gasteiger partial charge in [-0.05, 0) is 85.5 Å². The van der Waals surface area contributed by atoms with E-state index in [2.05, 4.69) is 13.8 Å². The van der Waals surface area contributed by atoms with E-state index in [0.717, 1.165) is 36.1 Å². The third-order valence-electron chi connectivity index (χ3n) is 7.21. The van der Waals surface area contributed by atoms with E-state index >= 15 is 0 Å². The van der Waals surface area contributed by atoms with Gasteiger partial charge < -0.3 is 5.73 Å². The van der Waals surface area contributed by atoms with E-state index in [1.54, 1.807) is 32.1 Å². The summed E-state index contributed by atoms with van der Waals surface area (Å²) < 4.78 is 0. The molecular weight excluding hydrogens is 206 g/mol. The molecule has 5 saturated carbocycles. The minimum absolute atomic E-state index is 0.537. The molecule has 0 aliphatic heterocycles. The highest BCUT2D eigenvalue weighted by molar-refractivity contribution is 5.18. The lowest BCUT2D eigenvalue weighted by Crippen LogP contribution is -2.50. The lowest BCUT2D eigenvalue weighted by Gasteiger charge is -2.57. The minimum atomic E-state index is 0.537. The van der Waals surface area contributed by atoms with Crippen molar-refractivity contribution < 1.29 is 0 Å². The Morgan fingerprint density at radius 1 is 0.941 bits per heavy atom. The molecule has 1 nitrogen and oxygen atoms in total. The van der Waals surface area contributed by atoms with E-state index in [4.69, 9.17) is 5.73 Å². The second-order valence-electron chi connectivity index (χ2n) is 8.38. The van der Waals surface area contributed by atoms with Crippen molar-refractivity contribution in [1.29, 1.82) is 0 Å². The lowest BCUT2D eigenvalue weighted by molar-refractivity contribution is -0.0746. The maximum Gasteiger partial charge on any atom is -0.00123 e. The Balaban J connectivity index is 1.67. The Labute approximate surface area is 106 Å². The molecule has 17 heavy (non-hydrogen) atoms. The zero-order valence-electron chi connectivity index (χ0n) is 11.4. The van der Waals surface area contributed by atoms with Gasteiger partial charge >= 0.3 is 0 Å². The second kappa shape index (κ2) is 3.10. The first kappa shape index (κ1) is 10.8. The van der Waals surface area contributed by atoms with Gasteiger partial charge in [0, 0.05) is 0 Å². The molecule has 0 radical (unpaired) electrons. The van der Waals surface area contributed by atoms with E-state index in [9.17, 15) is 0 Å². The highest BCUT2D eigenvalue weighted by Gasteiger charge is 2.68. The number of hydrogen-bond acceptors (Lipinski definition) is 1. The molecule has 0 spiro atoms. The smallest absolute Gasteiger partial charge is 0.00123 e. The van der Waals surface area contributed by atoms with Crippen LogP contribution in [-0.2, 0) is 0 Å². The van der Waals surface area contributed by atoms with Crippen LogP contribution >= 0.6 is 0 Å². The van der Waals surface area contributed by atoms with E-state index < -0.39 is 0 Å². The van der Waals surface area contributed by atoms with Crippen molar-refractivity contribution in [3.8, 4) is 0 Å². The first-order valence-corrected chi connectivity index (χ1v) is 7.76. The van der Waals surface area contributed by atoms with Crippen LogP contribution in [0, 0.1) is 40.4 Å². The van der Waals surface area contributed by atoms with Crippen LogP contribution in [0.3, 0.4) is 0 Å². The zero-order chi connectivity index (χ0) is 11.8. The Bertz CT molecular complexity index is 317. The predicted molar refractivity (Wildman–Crippen MR) is 70.4 cm³/mol. The van der Waals surface area contributed by atoms with Crippen LogP contribution in [0.1, 0.15) is 52.4 Å². The van der Waals surface area contributed by atoms with Gasteiger partial charge in [-0.25, -0.2) is 0 Å². The summed E-state index contributed by atoms with van der Waals surface area (Å²) in [6.45, 7) is 5.88. The molecule has 5 rings (SSSR count). The van der Waals surface area contributed by atoms with Crippen LogP contribution in [0.5, 0.6) is 0 Å². The molecular formula is C16H27N. The van der Waals surface area contributed by atoms with Crippen molar-refractivity contribution in [2.24, 2.45) is 46.2 Å². The predicted octanol–water partition coefficient (Wildman–Crippen LogP) is 3.43. The molecule has 1 atom stereocenters. The van der Waals surface area contributed by atoms with E-state index in [-0.39, 0.29) is 0 Å². The molecule has 2 N–H and O–H groups in total. The van der Waals surface area contributed by atoms with Gasteiger partial charge in [0.15, 0.2) is 0 Å². The van der Waals surface area contributed by atoms with Gasteiger partial charge in [0.2, 0.25) is 0 Å². The van der Waals surface area contributed by atoms with Crippen molar-refractivity contribution >= 4 is 0 Å². The SMILES string of the molecule is CC1(C)CC1(CN)C1C2CC3CC(C2)CC1C3. The second-order valence-corrected chi connectivity index (χ2v) is 8.38. The highest BCUT2D eigenvalue weighted by Crippen LogP contribution is 2.74. The lowest BCUT2D eigenvalue weighted by atomic mass is 9.48. The fraction of sp³-hybridized carbons (Fsp3) is 1.00. The summed E-state index contributed by atoms with van der Waals surface area (Å²) in [6, 6.07) is 0. The van der Waals surface area contributed by atoms with Gasteiger partial charge in [-0.1, -0.05) is 13.8 Å². The van der Waals surface area contributed by atoms with Gasteiger partial charge in [0.05, 0.1) is 0 Å². The van der Waals surface area contributed by atoms with Crippen molar-refractivity contribution in [2.45, 2.75) is 52.4 Å². The van der Waals surface area contributed by atoms with Crippen molar-refractivity contribution in [1.82, 2.24) is 0 Å². The van der Waals surface area contributed by atoms with Gasteiger partial charge in [-0.15, -0.1) is 0 Å². The molecule has 0 amide bonds. The third kappa shape index (κ3) is 1.25. The molecule has 5 aliphatic carbocycles. The van der Waals surface area contributed by atoms with Gasteiger partial charge in [0.25, 0.3) is 0 Å². The molecule has 4 bridgehead atoms. The number of rotatable bonds is 2. The van der Waals surface area contributed by atoms with Crippen LogP contribution in [-0.4, -0.2) is 6.54 Å². The fourth-order valence-corrected chi connectivity index (χ4v) is 6.63. The van der Waals surface area contributed by atoms with Gasteiger partial charge in [0.1, 0.15) is 0 Å². The van der Waals surface area contributed by atoms with Gasteiger partial charge in [-0.2, -0.15) is 0 Å². The molecule has 96 valence electrons.